The molecule has 1 fully saturated rings. The highest BCUT2D eigenvalue weighted by Crippen LogP contribution is 2.37. The van der Waals surface area contributed by atoms with Crippen LogP contribution in [0.25, 0.3) is 16.3 Å². The normalized spacial score (nSPS) is 20.7. The summed E-state index contributed by atoms with van der Waals surface area (Å²) >= 11 is 0. The van der Waals surface area contributed by atoms with Crippen molar-refractivity contribution in [1.29, 1.82) is 0 Å². The maximum Gasteiger partial charge on any atom is 0.269 e. The van der Waals surface area contributed by atoms with E-state index < -0.39 is 0 Å². The highest BCUT2D eigenvalue weighted by molar-refractivity contribution is 5.54. The molecule has 5 nitrogen and oxygen atoms in total. The van der Waals surface area contributed by atoms with Gasteiger partial charge in [0, 0.05) is 5.92 Å². The van der Waals surface area contributed by atoms with Crippen LogP contribution in [-0.2, 0) is 0 Å². The van der Waals surface area contributed by atoms with Crippen LogP contribution in [0.3, 0.4) is 0 Å². The fourth-order valence-electron chi connectivity index (χ4n) is 3.49. The van der Waals surface area contributed by atoms with E-state index in [1.54, 1.807) is 12.3 Å². The average molecular weight is 324 g/mol. The summed E-state index contributed by atoms with van der Waals surface area (Å²) in [6.45, 7) is 9.20. The molecule has 24 heavy (non-hydrogen) atoms. The van der Waals surface area contributed by atoms with Crippen molar-refractivity contribution in [1.82, 2.24) is 15.1 Å². The number of nitrogens with zero attached hydrogens (tertiary/aromatic N) is 4. The van der Waals surface area contributed by atoms with E-state index in [9.17, 15) is 0 Å². The number of pyridine rings is 1. The van der Waals surface area contributed by atoms with Crippen molar-refractivity contribution < 1.29 is 4.52 Å². The molecular formula is C19H24N4O. The molecule has 0 aliphatic heterocycles. The van der Waals surface area contributed by atoms with Crippen molar-refractivity contribution in [3.8, 4) is 11.5 Å². The van der Waals surface area contributed by atoms with Gasteiger partial charge in [-0.1, -0.05) is 50.4 Å². The minimum atomic E-state index is 0.375. The highest BCUT2D eigenvalue weighted by atomic mass is 16.5. The van der Waals surface area contributed by atoms with Crippen molar-refractivity contribution in [2.75, 3.05) is 0 Å². The second-order valence-electron chi connectivity index (χ2n) is 6.69. The quantitative estimate of drug-likeness (QED) is 0.517. The maximum atomic E-state index is 6.94. The SMILES string of the molecule is [C-]#[N+]c1ccc(-c2nc(C3CCC(CCCCC)CC3)no2)cn1. The van der Waals surface area contributed by atoms with Crippen LogP contribution in [0.2, 0.25) is 0 Å². The van der Waals surface area contributed by atoms with Crippen LogP contribution in [0, 0.1) is 12.5 Å². The number of rotatable bonds is 6. The summed E-state index contributed by atoms with van der Waals surface area (Å²) in [5.74, 6) is 3.00. The molecule has 5 heteroatoms. The van der Waals surface area contributed by atoms with Gasteiger partial charge in [0.1, 0.15) is 6.20 Å². The van der Waals surface area contributed by atoms with Gasteiger partial charge in [-0.3, -0.25) is 0 Å². The van der Waals surface area contributed by atoms with Crippen LogP contribution in [0.4, 0.5) is 5.82 Å². The Hall–Kier alpha value is -2.22. The lowest BCUT2D eigenvalue weighted by atomic mass is 9.79. The lowest BCUT2D eigenvalue weighted by Gasteiger charge is -2.26. The molecule has 0 unspecified atom stereocenters. The van der Waals surface area contributed by atoms with E-state index >= 15 is 0 Å². The Morgan fingerprint density at radius 3 is 2.71 bits per heavy atom. The van der Waals surface area contributed by atoms with Gasteiger partial charge < -0.3 is 9.37 Å². The van der Waals surface area contributed by atoms with Gasteiger partial charge in [0.05, 0.1) is 5.56 Å². The summed E-state index contributed by atoms with van der Waals surface area (Å²) in [6, 6.07) is 3.48. The third-order valence-electron chi connectivity index (χ3n) is 4.98. The minimum Gasteiger partial charge on any atom is -0.361 e. The van der Waals surface area contributed by atoms with Gasteiger partial charge in [0.2, 0.25) is 0 Å². The first-order chi connectivity index (χ1) is 11.8. The van der Waals surface area contributed by atoms with Crippen molar-refractivity contribution in [3.05, 3.63) is 35.6 Å². The van der Waals surface area contributed by atoms with Crippen LogP contribution in [0.5, 0.6) is 0 Å². The molecule has 2 aromatic rings. The molecule has 0 radical (unpaired) electrons. The van der Waals surface area contributed by atoms with Crippen molar-refractivity contribution in [2.24, 2.45) is 5.92 Å². The first-order valence-electron chi connectivity index (χ1n) is 8.97. The predicted molar refractivity (Wildman–Crippen MR) is 92.6 cm³/mol. The monoisotopic (exact) mass is 324 g/mol. The predicted octanol–water partition coefficient (Wildman–Crippen LogP) is 5.54. The number of unbranched alkanes of at least 4 members (excludes halogenated alkanes) is 2. The van der Waals surface area contributed by atoms with Crippen LogP contribution >= 0.6 is 0 Å². The molecule has 0 aromatic carbocycles. The molecule has 126 valence electrons. The summed E-state index contributed by atoms with van der Waals surface area (Å²) in [5.41, 5.74) is 0.773. The largest absolute Gasteiger partial charge is 0.361 e. The Balaban J connectivity index is 1.57. The van der Waals surface area contributed by atoms with Gasteiger partial charge >= 0.3 is 0 Å². The third kappa shape index (κ3) is 4.00. The molecule has 0 atom stereocenters. The fourth-order valence-corrected chi connectivity index (χ4v) is 3.49. The van der Waals surface area contributed by atoms with E-state index in [1.165, 1.54) is 38.5 Å². The molecule has 0 bridgehead atoms. The molecule has 0 amide bonds. The topological polar surface area (TPSA) is 56.2 Å². The molecule has 1 aliphatic rings. The molecule has 1 aliphatic carbocycles. The van der Waals surface area contributed by atoms with E-state index in [4.69, 9.17) is 11.1 Å². The summed E-state index contributed by atoms with van der Waals surface area (Å²) < 4.78 is 5.41. The highest BCUT2D eigenvalue weighted by Gasteiger charge is 2.26. The Morgan fingerprint density at radius 1 is 1.21 bits per heavy atom. The molecule has 2 heterocycles. The van der Waals surface area contributed by atoms with Crippen molar-refractivity contribution in [2.45, 2.75) is 64.2 Å². The van der Waals surface area contributed by atoms with E-state index in [-0.39, 0.29) is 0 Å². The molecule has 2 aromatic heterocycles. The Labute approximate surface area is 143 Å². The Bertz CT molecular complexity index is 678. The molecule has 0 N–H and O–H groups in total. The fraction of sp³-hybridized carbons (Fsp3) is 0.579. The lowest BCUT2D eigenvalue weighted by Crippen LogP contribution is -2.14. The van der Waals surface area contributed by atoms with Gasteiger partial charge in [-0.05, 0) is 37.7 Å². The van der Waals surface area contributed by atoms with Gasteiger partial charge in [0.15, 0.2) is 5.82 Å². The zero-order valence-electron chi connectivity index (χ0n) is 14.2. The molecule has 0 saturated heterocycles. The molecule has 3 rings (SSSR count). The smallest absolute Gasteiger partial charge is 0.269 e. The summed E-state index contributed by atoms with van der Waals surface area (Å²) in [4.78, 5) is 11.9. The number of hydrogen-bond donors (Lipinski definition) is 0. The van der Waals surface area contributed by atoms with Crippen molar-refractivity contribution in [3.63, 3.8) is 0 Å². The minimum absolute atomic E-state index is 0.375. The third-order valence-corrected chi connectivity index (χ3v) is 4.98. The first kappa shape index (κ1) is 16.6. The van der Waals surface area contributed by atoms with Gasteiger partial charge in [-0.2, -0.15) is 4.98 Å². The average Bonchev–Trinajstić information content (AvgIpc) is 3.13. The summed E-state index contributed by atoms with van der Waals surface area (Å²) in [5, 5.41) is 4.18. The summed E-state index contributed by atoms with van der Waals surface area (Å²) in [7, 11) is 0. The van der Waals surface area contributed by atoms with E-state index in [0.29, 0.717) is 17.6 Å². The zero-order valence-corrected chi connectivity index (χ0v) is 14.2. The van der Waals surface area contributed by atoms with Crippen LogP contribution in [0.15, 0.2) is 22.9 Å². The van der Waals surface area contributed by atoms with E-state index in [2.05, 4.69) is 26.9 Å². The van der Waals surface area contributed by atoms with E-state index in [1.807, 2.05) is 6.07 Å². The molecule has 0 spiro atoms. The van der Waals surface area contributed by atoms with Crippen LogP contribution < -0.4 is 0 Å². The number of hydrogen-bond acceptors (Lipinski definition) is 4. The van der Waals surface area contributed by atoms with Crippen LogP contribution in [-0.4, -0.2) is 15.1 Å². The van der Waals surface area contributed by atoms with Gasteiger partial charge in [-0.25, -0.2) is 0 Å². The van der Waals surface area contributed by atoms with E-state index in [0.717, 1.165) is 30.1 Å². The zero-order chi connectivity index (χ0) is 16.8. The maximum absolute atomic E-state index is 6.94. The van der Waals surface area contributed by atoms with Gasteiger partial charge in [0.25, 0.3) is 11.7 Å². The second kappa shape index (κ2) is 8.05. The standard InChI is InChI=1S/C19H24N4O/c1-3-4-5-6-14-7-9-15(10-8-14)18-22-19(24-23-18)16-11-12-17(20-2)21-13-16/h11-15H,3-10H2,1H3. The van der Waals surface area contributed by atoms with Crippen molar-refractivity contribution >= 4 is 5.82 Å². The Kier molecular flexibility index (Phi) is 5.58. The first-order valence-corrected chi connectivity index (χ1v) is 8.97. The molecular weight excluding hydrogens is 300 g/mol. The Morgan fingerprint density at radius 2 is 2.04 bits per heavy atom. The second-order valence-corrected chi connectivity index (χ2v) is 6.69. The lowest BCUT2D eigenvalue weighted by molar-refractivity contribution is 0.292. The summed E-state index contributed by atoms with van der Waals surface area (Å²) in [6.07, 6.45) is 11.9. The van der Waals surface area contributed by atoms with Gasteiger partial charge in [-0.15, -0.1) is 4.98 Å². The molecule has 1 saturated carbocycles. The number of aromatic nitrogens is 3. The van der Waals surface area contributed by atoms with Crippen LogP contribution in [0.1, 0.15) is 70.0 Å².